The fraction of sp³-hybridized carbons (Fsp3) is 0.532. The quantitative estimate of drug-likeness (QED) is 0.0329. The van der Waals surface area contributed by atoms with Crippen molar-refractivity contribution in [3.05, 3.63) is 101 Å². The number of nitrogens with zero attached hydrogens (tertiary/aromatic N) is 6. The monoisotopic (exact) mass is 1260 g/mol. The van der Waals surface area contributed by atoms with Crippen LogP contribution < -0.4 is 31.2 Å². The Morgan fingerprint density at radius 3 is 2.00 bits per heavy atom. The van der Waals surface area contributed by atoms with Gasteiger partial charge in [0, 0.05) is 82.9 Å². The first-order valence-corrected chi connectivity index (χ1v) is 30.7. The number of benzene rings is 2. The van der Waals surface area contributed by atoms with Crippen molar-refractivity contribution < 1.29 is 75.1 Å². The maximum Gasteiger partial charge on any atom is 0.573 e. The minimum absolute atomic E-state index is 0.0113. The number of hydrogen-bond donors (Lipinski definition) is 4. The molecule has 7 rings (SSSR count). The summed E-state index contributed by atoms with van der Waals surface area (Å²) < 4.78 is 77.1. The van der Waals surface area contributed by atoms with E-state index in [-0.39, 0.29) is 85.3 Å². The molecule has 2 saturated heterocycles. The molecule has 0 saturated carbocycles. The number of carbonyl (C=O) groups excluding carboxylic acids is 6. The number of ether oxygens (including phenoxy) is 7. The van der Waals surface area contributed by atoms with Crippen LogP contribution in [0.25, 0.3) is 21.7 Å². The highest BCUT2D eigenvalue weighted by Gasteiger charge is 2.42. The molecular weight excluding hydrogens is 1180 g/mol. The molecule has 23 nitrogen and oxygen atoms in total. The predicted molar refractivity (Wildman–Crippen MR) is 322 cm³/mol. The molecule has 5 N–H and O–H groups in total. The standard InChI is InChI=1S/C62H81F3N10O13S/c1-42-55(89-41-71-42)45-13-9-44(10-14-45)37-68-58(80)51-7-5-22-75(51)60(81)56(61(2,3)4)72-53(77)19-25-82-27-29-84-31-33-86-34-32-85-30-28-83-26-20-67-52(76)8-6-21-73-39-50(70-40-73)46-36-49(57(66)79)59(69-38-46)87-47-17-23-74(24-18-47)54(78)35-43-11-15-48(16-12-43)88-62(63,64)65/h9-16,36,38-41,47,51,56H,5-8,17-35,37H2,1-4H3,(H2,66,79)(H,67,76)(H,68,80)(H,72,77)/t51-,56+/m0/s1. The predicted octanol–water partition coefficient (Wildman–Crippen LogP) is 6.19. The Labute approximate surface area is 519 Å². The number of alkyl halides is 3. The maximum absolute atomic E-state index is 13.9. The lowest BCUT2D eigenvalue weighted by Crippen LogP contribution is -2.57. The number of piperidine rings is 1. The van der Waals surface area contributed by atoms with Crippen molar-refractivity contribution in [2.75, 3.05) is 92.2 Å². The van der Waals surface area contributed by atoms with Gasteiger partial charge in [-0.3, -0.25) is 28.8 Å². The van der Waals surface area contributed by atoms with E-state index in [9.17, 15) is 41.9 Å². The number of primary amides is 1. The Kier molecular flexibility index (Phi) is 26.7. The number of aryl methyl sites for hydroxylation is 2. The van der Waals surface area contributed by atoms with Crippen molar-refractivity contribution in [3.8, 4) is 33.3 Å². The summed E-state index contributed by atoms with van der Waals surface area (Å²) in [5.41, 5.74) is 11.6. The number of thiazole rings is 1. The molecule has 6 amide bonds. The van der Waals surface area contributed by atoms with Gasteiger partial charge >= 0.3 is 6.36 Å². The van der Waals surface area contributed by atoms with E-state index < -0.39 is 29.8 Å². The Morgan fingerprint density at radius 1 is 0.742 bits per heavy atom. The van der Waals surface area contributed by atoms with Gasteiger partial charge < -0.3 is 69.2 Å². The van der Waals surface area contributed by atoms with Crippen LogP contribution in [0.4, 0.5) is 13.2 Å². The van der Waals surface area contributed by atoms with Gasteiger partial charge in [0.05, 0.1) is 101 Å². The number of amides is 6. The molecule has 2 aliphatic rings. The van der Waals surface area contributed by atoms with Crippen LogP contribution in [0.15, 0.2) is 78.8 Å². The summed E-state index contributed by atoms with van der Waals surface area (Å²) in [5, 5.41) is 8.76. The van der Waals surface area contributed by atoms with E-state index in [0.717, 1.165) is 21.7 Å². The molecule has 2 aliphatic heterocycles. The van der Waals surface area contributed by atoms with Gasteiger partial charge in [0.2, 0.25) is 35.4 Å². The second-order valence-corrected chi connectivity index (χ2v) is 23.4. The smallest absolute Gasteiger partial charge is 0.474 e. The van der Waals surface area contributed by atoms with E-state index in [1.165, 1.54) is 30.5 Å². The second-order valence-electron chi connectivity index (χ2n) is 22.5. The molecule has 2 atom stereocenters. The molecule has 0 unspecified atom stereocenters. The van der Waals surface area contributed by atoms with Crippen LogP contribution in [-0.2, 0) is 67.2 Å². The molecule has 5 aromatic rings. The minimum atomic E-state index is -4.80. The molecule has 0 bridgehead atoms. The van der Waals surface area contributed by atoms with Crippen molar-refractivity contribution in [2.45, 2.75) is 117 Å². The largest absolute Gasteiger partial charge is 0.573 e. The van der Waals surface area contributed by atoms with Gasteiger partial charge in [0.1, 0.15) is 29.5 Å². The summed E-state index contributed by atoms with van der Waals surface area (Å²) in [6.45, 7) is 13.2. The number of carbonyl (C=O) groups is 6. The van der Waals surface area contributed by atoms with Crippen molar-refractivity contribution in [3.63, 3.8) is 0 Å². The number of nitrogens with two attached hydrogens (primary N) is 1. The first-order valence-electron chi connectivity index (χ1n) is 29.8. The van der Waals surface area contributed by atoms with Gasteiger partial charge in [-0.1, -0.05) is 57.2 Å². The Balaban J connectivity index is 0.654. The van der Waals surface area contributed by atoms with Crippen LogP contribution >= 0.6 is 11.3 Å². The first kappa shape index (κ1) is 68.9. The average molecular weight is 1260 g/mol. The number of likely N-dealkylation sites (tertiary alicyclic amines) is 2. The average Bonchev–Trinajstić information content (AvgIpc) is 2.26. The molecule has 0 spiro atoms. The molecule has 0 radical (unpaired) electrons. The van der Waals surface area contributed by atoms with E-state index in [2.05, 4.69) is 35.6 Å². The highest BCUT2D eigenvalue weighted by Crippen LogP contribution is 2.30. The highest BCUT2D eigenvalue weighted by atomic mass is 32.1. The number of hydrogen-bond acceptors (Lipinski definition) is 17. The second kappa shape index (κ2) is 34.4. The number of pyridine rings is 1. The van der Waals surface area contributed by atoms with Crippen LogP contribution in [0, 0.1) is 12.3 Å². The molecule has 2 aromatic carbocycles. The summed E-state index contributed by atoms with van der Waals surface area (Å²) in [6.07, 6.45) is 2.82. The fourth-order valence-corrected chi connectivity index (χ4v) is 10.7. The third kappa shape index (κ3) is 22.8. The van der Waals surface area contributed by atoms with E-state index in [0.29, 0.717) is 141 Å². The topological polar surface area (TPSA) is 279 Å². The Bertz CT molecular complexity index is 3080. The van der Waals surface area contributed by atoms with Gasteiger partial charge in [-0.2, -0.15) is 0 Å². The van der Waals surface area contributed by atoms with Crippen LogP contribution in [0.3, 0.4) is 0 Å². The van der Waals surface area contributed by atoms with Crippen LogP contribution in [0.2, 0.25) is 0 Å². The van der Waals surface area contributed by atoms with E-state index >= 15 is 0 Å². The molecule has 2 fully saturated rings. The van der Waals surface area contributed by atoms with E-state index in [4.69, 9.17) is 34.2 Å². The van der Waals surface area contributed by atoms with E-state index in [1.807, 2.05) is 62.0 Å². The van der Waals surface area contributed by atoms with Crippen molar-refractivity contribution in [1.29, 1.82) is 0 Å². The number of halogens is 3. The summed E-state index contributed by atoms with van der Waals surface area (Å²) in [4.78, 5) is 95.7. The van der Waals surface area contributed by atoms with Gasteiger partial charge in [-0.15, -0.1) is 24.5 Å². The van der Waals surface area contributed by atoms with Crippen molar-refractivity contribution in [2.24, 2.45) is 11.1 Å². The number of imidazole rings is 1. The lowest BCUT2D eigenvalue weighted by Gasteiger charge is -2.35. The number of nitrogens with one attached hydrogen (secondary N) is 3. The third-order valence-corrected chi connectivity index (χ3v) is 15.6. The normalized spacial score (nSPS) is 15.0. The van der Waals surface area contributed by atoms with Crippen LogP contribution in [0.5, 0.6) is 11.6 Å². The molecule has 3 aromatic heterocycles. The lowest BCUT2D eigenvalue weighted by molar-refractivity contribution is -0.274. The Hall–Kier alpha value is -7.56. The van der Waals surface area contributed by atoms with Gasteiger partial charge in [0.25, 0.3) is 5.91 Å². The zero-order chi connectivity index (χ0) is 63.8. The number of rotatable bonds is 35. The summed E-state index contributed by atoms with van der Waals surface area (Å²) >= 11 is 1.59. The zero-order valence-electron chi connectivity index (χ0n) is 50.8. The first-order chi connectivity index (χ1) is 42.7. The molecule has 27 heteroatoms. The molecule has 484 valence electrons. The van der Waals surface area contributed by atoms with Gasteiger partial charge in [-0.25, -0.2) is 15.0 Å². The lowest BCUT2D eigenvalue weighted by atomic mass is 9.85. The van der Waals surface area contributed by atoms with Crippen LogP contribution in [0.1, 0.15) is 92.9 Å². The summed E-state index contributed by atoms with van der Waals surface area (Å²) in [5.74, 6) is -2.16. The van der Waals surface area contributed by atoms with E-state index in [1.54, 1.807) is 39.7 Å². The highest BCUT2D eigenvalue weighted by molar-refractivity contribution is 7.13. The van der Waals surface area contributed by atoms with Crippen LogP contribution in [-0.4, -0.2) is 182 Å². The Morgan fingerprint density at radius 2 is 1.38 bits per heavy atom. The van der Waals surface area contributed by atoms with Crippen molar-refractivity contribution in [1.82, 2.24) is 45.3 Å². The molecule has 89 heavy (non-hydrogen) atoms. The SMILES string of the molecule is Cc1ncsc1-c1ccc(CNC(=O)[C@@H]2CCCN2C(=O)[C@@H](NC(=O)CCOCCOCCOCCOCCOCCNC(=O)CCCn2cnc(-c3cnc(OC4CCN(C(=O)Cc5ccc(OC(F)(F)F)cc5)CC4)c(C(N)=O)c3)c2)C(C)(C)C)cc1. The number of aromatic nitrogens is 4. The van der Waals surface area contributed by atoms with Crippen molar-refractivity contribution >= 4 is 46.8 Å². The van der Waals surface area contributed by atoms with Gasteiger partial charge in [-0.05, 0) is 66.5 Å². The minimum Gasteiger partial charge on any atom is -0.474 e. The molecule has 5 heterocycles. The summed E-state index contributed by atoms with van der Waals surface area (Å²) in [7, 11) is 0. The molecule has 0 aliphatic carbocycles. The maximum atomic E-state index is 13.9. The van der Waals surface area contributed by atoms with Gasteiger partial charge in [0.15, 0.2) is 0 Å². The molecular formula is C62H81F3N10O13S. The third-order valence-electron chi connectivity index (χ3n) is 14.7. The zero-order valence-corrected chi connectivity index (χ0v) is 51.6. The fourth-order valence-electron chi connectivity index (χ4n) is 9.90. The summed E-state index contributed by atoms with van der Waals surface area (Å²) in [6, 6.07) is 13.3.